The maximum atomic E-state index is 12.4. The van der Waals surface area contributed by atoms with Crippen LogP contribution in [0.3, 0.4) is 0 Å². The normalized spacial score (nSPS) is 13.9. The van der Waals surface area contributed by atoms with Crippen molar-refractivity contribution < 1.29 is 14.3 Å². The third-order valence-corrected chi connectivity index (χ3v) is 7.75. The van der Waals surface area contributed by atoms with Gasteiger partial charge in [-0.2, -0.15) is 0 Å². The summed E-state index contributed by atoms with van der Waals surface area (Å²) >= 11 is 0. The molecule has 1 fully saturated rings. The van der Waals surface area contributed by atoms with E-state index in [1.165, 1.54) is 6.08 Å². The Morgan fingerprint density at radius 2 is 1.86 bits per heavy atom. The van der Waals surface area contributed by atoms with E-state index in [2.05, 4.69) is 64.6 Å². The minimum absolute atomic E-state index is 0.235. The minimum atomic E-state index is -0.293. The van der Waals surface area contributed by atoms with Gasteiger partial charge >= 0.3 is 0 Å². The number of carbonyl (C=O) groups is 1. The van der Waals surface area contributed by atoms with Gasteiger partial charge in [0.25, 0.3) is 0 Å². The lowest BCUT2D eigenvalue weighted by Gasteiger charge is -2.34. The molecule has 2 aromatic heterocycles. The second kappa shape index (κ2) is 12.2. The molecule has 0 radical (unpaired) electrons. The van der Waals surface area contributed by atoms with Crippen LogP contribution in [-0.4, -0.2) is 58.8 Å². The molecule has 0 bridgehead atoms. The average molecular weight is 570 g/mol. The molecule has 220 valence electrons. The molecule has 10 nitrogen and oxygen atoms in total. The number of carbonyl (C=O) groups excluding carboxylic acids is 1. The van der Waals surface area contributed by atoms with Crippen LogP contribution in [0.2, 0.25) is 0 Å². The Morgan fingerprint density at radius 1 is 1.10 bits per heavy atom. The predicted molar refractivity (Wildman–Crippen MR) is 168 cm³/mol. The fourth-order valence-corrected chi connectivity index (χ4v) is 5.69. The van der Waals surface area contributed by atoms with Crippen molar-refractivity contribution in [3.63, 3.8) is 0 Å². The second-order valence-electron chi connectivity index (χ2n) is 10.9. The number of benzene rings is 2. The topological polar surface area (TPSA) is 106 Å². The molecule has 42 heavy (non-hydrogen) atoms. The van der Waals surface area contributed by atoms with Crippen LogP contribution < -0.4 is 20.3 Å². The molecular formula is C32H39N7O3. The number of aromatic nitrogens is 4. The molecule has 1 amide bonds. The molecule has 5 rings (SSSR count). The minimum Gasteiger partial charge on any atom is -0.494 e. The summed E-state index contributed by atoms with van der Waals surface area (Å²) in [6.07, 6.45) is 5.03. The van der Waals surface area contributed by atoms with E-state index in [1.807, 2.05) is 25.1 Å². The molecule has 1 saturated heterocycles. The number of hydrogen-bond donors (Lipinski definition) is 2. The Bertz CT molecular complexity index is 1620. The van der Waals surface area contributed by atoms with Crippen molar-refractivity contribution in [1.82, 2.24) is 19.5 Å². The van der Waals surface area contributed by atoms with E-state index in [0.717, 1.165) is 65.3 Å². The van der Waals surface area contributed by atoms with Crippen LogP contribution in [0.15, 0.2) is 49.2 Å². The summed E-state index contributed by atoms with van der Waals surface area (Å²) in [4.78, 5) is 28.7. The van der Waals surface area contributed by atoms with Crippen molar-refractivity contribution >= 4 is 40.0 Å². The van der Waals surface area contributed by atoms with Gasteiger partial charge in [-0.15, -0.1) is 0 Å². The van der Waals surface area contributed by atoms with Gasteiger partial charge in [0.15, 0.2) is 0 Å². The molecule has 1 aliphatic heterocycles. The van der Waals surface area contributed by atoms with Gasteiger partial charge in [-0.05, 0) is 76.4 Å². The van der Waals surface area contributed by atoms with Gasteiger partial charge in [0.05, 0.1) is 47.0 Å². The van der Waals surface area contributed by atoms with Gasteiger partial charge in [0.2, 0.25) is 11.9 Å². The molecule has 0 saturated carbocycles. The van der Waals surface area contributed by atoms with E-state index in [0.29, 0.717) is 23.1 Å². The van der Waals surface area contributed by atoms with Crippen LogP contribution in [0.25, 0.3) is 22.3 Å². The third-order valence-electron chi connectivity index (χ3n) is 7.75. The van der Waals surface area contributed by atoms with E-state index in [-0.39, 0.29) is 18.1 Å². The Balaban J connectivity index is 1.50. The molecular weight excluding hydrogens is 530 g/mol. The number of amides is 1. The van der Waals surface area contributed by atoms with Crippen molar-refractivity contribution in [3.05, 3.63) is 60.6 Å². The predicted octanol–water partition coefficient (Wildman–Crippen LogP) is 6.18. The molecule has 0 aliphatic carbocycles. The first kappa shape index (κ1) is 29.1. The average Bonchev–Trinajstić information content (AvgIpc) is 3.34. The van der Waals surface area contributed by atoms with Gasteiger partial charge in [0.1, 0.15) is 11.6 Å². The highest BCUT2D eigenvalue weighted by molar-refractivity contribution is 6.02. The standard InChI is InChI=1S/C32H39N7O3/c1-8-30(40)35-25-17-26(29(42-7)18-27(25)38-13-10-23(41-6)11-14-38)37-32-33-12-9-24(36-32)22-15-20(4)31-28(16-22)39(19(2)3)21(5)34-31/h8-9,12,15-19,23H,1,10-11,13-14H2,2-7H3,(H,35,40)(H,33,36,37). The van der Waals surface area contributed by atoms with Crippen LogP contribution in [0, 0.1) is 13.8 Å². The molecule has 0 unspecified atom stereocenters. The van der Waals surface area contributed by atoms with Gasteiger partial charge in [-0.3, -0.25) is 4.79 Å². The molecule has 0 spiro atoms. The largest absolute Gasteiger partial charge is 0.494 e. The number of nitrogens with one attached hydrogen (secondary N) is 2. The zero-order chi connectivity index (χ0) is 30.0. The summed E-state index contributed by atoms with van der Waals surface area (Å²) in [5, 5.41) is 6.28. The number of piperidine rings is 1. The fourth-order valence-electron chi connectivity index (χ4n) is 5.69. The first-order chi connectivity index (χ1) is 20.2. The smallest absolute Gasteiger partial charge is 0.247 e. The van der Waals surface area contributed by atoms with E-state index in [9.17, 15) is 4.79 Å². The maximum Gasteiger partial charge on any atom is 0.247 e. The molecule has 10 heteroatoms. The highest BCUT2D eigenvalue weighted by Gasteiger charge is 2.23. The van der Waals surface area contributed by atoms with Crippen LogP contribution in [0.1, 0.15) is 44.1 Å². The third kappa shape index (κ3) is 5.80. The van der Waals surface area contributed by atoms with Crippen LogP contribution >= 0.6 is 0 Å². The van der Waals surface area contributed by atoms with E-state index >= 15 is 0 Å². The molecule has 2 N–H and O–H groups in total. The van der Waals surface area contributed by atoms with Crippen molar-refractivity contribution in [3.8, 4) is 17.0 Å². The first-order valence-corrected chi connectivity index (χ1v) is 14.2. The Hall–Kier alpha value is -4.44. The van der Waals surface area contributed by atoms with Gasteiger partial charge in [0, 0.05) is 44.1 Å². The van der Waals surface area contributed by atoms with Gasteiger partial charge in [-0.25, -0.2) is 15.0 Å². The monoisotopic (exact) mass is 569 g/mol. The lowest BCUT2D eigenvalue weighted by Crippen LogP contribution is -2.37. The van der Waals surface area contributed by atoms with Gasteiger partial charge < -0.3 is 29.6 Å². The number of rotatable bonds is 9. The summed E-state index contributed by atoms with van der Waals surface area (Å²) in [5.74, 6) is 1.71. The Morgan fingerprint density at radius 3 is 2.52 bits per heavy atom. The summed E-state index contributed by atoms with van der Waals surface area (Å²) in [6, 6.07) is 10.2. The Kier molecular flexibility index (Phi) is 8.44. The number of hydrogen-bond acceptors (Lipinski definition) is 8. The zero-order valence-electron chi connectivity index (χ0n) is 25.2. The quantitative estimate of drug-likeness (QED) is 0.230. The lowest BCUT2D eigenvalue weighted by molar-refractivity contribution is -0.111. The molecule has 2 aromatic carbocycles. The number of methoxy groups -OCH3 is 2. The van der Waals surface area contributed by atoms with Gasteiger partial charge in [-0.1, -0.05) is 6.58 Å². The maximum absolute atomic E-state index is 12.4. The summed E-state index contributed by atoms with van der Waals surface area (Å²) in [5.41, 5.74) is 7.09. The summed E-state index contributed by atoms with van der Waals surface area (Å²) < 4.78 is 13.6. The zero-order valence-corrected chi connectivity index (χ0v) is 25.2. The fraction of sp³-hybridized carbons (Fsp3) is 0.375. The highest BCUT2D eigenvalue weighted by Crippen LogP contribution is 2.39. The number of anilines is 4. The SMILES string of the molecule is C=CC(=O)Nc1cc(Nc2nccc(-c3cc(C)c4nc(C)n(C(C)C)c4c3)n2)c(OC)cc1N1CCC(OC)CC1. The van der Waals surface area contributed by atoms with Crippen LogP contribution in [-0.2, 0) is 9.53 Å². The van der Waals surface area contributed by atoms with Crippen LogP contribution in [0.5, 0.6) is 5.75 Å². The number of ether oxygens (including phenoxy) is 2. The number of aryl methyl sites for hydroxylation is 2. The van der Waals surface area contributed by atoms with E-state index in [1.54, 1.807) is 20.4 Å². The number of fused-ring (bicyclic) bond motifs is 1. The molecule has 4 aromatic rings. The molecule has 0 atom stereocenters. The first-order valence-electron chi connectivity index (χ1n) is 14.2. The molecule has 1 aliphatic rings. The summed E-state index contributed by atoms with van der Waals surface area (Å²) in [6.45, 7) is 13.7. The van der Waals surface area contributed by atoms with Crippen molar-refractivity contribution in [2.24, 2.45) is 0 Å². The van der Waals surface area contributed by atoms with Crippen molar-refractivity contribution in [2.45, 2.75) is 52.7 Å². The van der Waals surface area contributed by atoms with Crippen molar-refractivity contribution in [2.75, 3.05) is 42.8 Å². The van der Waals surface area contributed by atoms with E-state index < -0.39 is 0 Å². The second-order valence-corrected chi connectivity index (χ2v) is 10.9. The number of imidazole rings is 1. The lowest BCUT2D eigenvalue weighted by atomic mass is 10.1. The summed E-state index contributed by atoms with van der Waals surface area (Å²) in [7, 11) is 3.37. The van der Waals surface area contributed by atoms with Crippen molar-refractivity contribution in [1.29, 1.82) is 0 Å². The Labute approximate surface area is 246 Å². The number of nitrogens with zero attached hydrogens (tertiary/aromatic N) is 5. The molecule has 3 heterocycles. The van der Waals surface area contributed by atoms with Crippen LogP contribution in [0.4, 0.5) is 23.0 Å². The highest BCUT2D eigenvalue weighted by atomic mass is 16.5. The van der Waals surface area contributed by atoms with E-state index in [4.69, 9.17) is 19.4 Å².